The topological polar surface area (TPSA) is 61.8 Å². The van der Waals surface area contributed by atoms with Gasteiger partial charge in [0.25, 0.3) is 0 Å². The van der Waals surface area contributed by atoms with E-state index in [-0.39, 0.29) is 12.2 Å². The largest absolute Gasteiger partial charge is 0.480 e. The number of morpholine rings is 1. The van der Waals surface area contributed by atoms with Gasteiger partial charge in [-0.3, -0.25) is 15.0 Å². The molecular weight excluding hydrogens is 232 g/mol. The third-order valence-electron chi connectivity index (χ3n) is 3.61. The molecule has 0 aromatic rings. The zero-order chi connectivity index (χ0) is 13.3. The van der Waals surface area contributed by atoms with Crippen LogP contribution in [0, 0.1) is 0 Å². The van der Waals surface area contributed by atoms with Gasteiger partial charge in [-0.1, -0.05) is 0 Å². The molecule has 1 saturated heterocycles. The summed E-state index contributed by atoms with van der Waals surface area (Å²) < 4.78 is 5.68. The second-order valence-corrected chi connectivity index (χ2v) is 6.01. The number of hydrogen-bond donors (Lipinski definition) is 2. The van der Waals surface area contributed by atoms with Gasteiger partial charge in [0.2, 0.25) is 0 Å². The van der Waals surface area contributed by atoms with Crippen molar-refractivity contribution in [1.82, 2.24) is 10.2 Å². The highest BCUT2D eigenvalue weighted by Gasteiger charge is 2.40. The normalized spacial score (nSPS) is 33.1. The minimum atomic E-state index is -0.849. The Hall–Kier alpha value is -0.650. The van der Waals surface area contributed by atoms with Crippen molar-refractivity contribution in [2.75, 3.05) is 19.6 Å². The van der Waals surface area contributed by atoms with Gasteiger partial charge in [-0.2, -0.15) is 0 Å². The fourth-order valence-electron chi connectivity index (χ4n) is 2.71. The summed E-state index contributed by atoms with van der Waals surface area (Å²) in [5.74, 6) is -0.763. The van der Waals surface area contributed by atoms with Crippen molar-refractivity contribution >= 4 is 5.97 Å². The summed E-state index contributed by atoms with van der Waals surface area (Å²) in [6, 6.07) is 0.391. The number of ether oxygens (including phenoxy) is 1. The van der Waals surface area contributed by atoms with Crippen molar-refractivity contribution in [3.63, 3.8) is 0 Å². The molecule has 18 heavy (non-hydrogen) atoms. The molecule has 2 fully saturated rings. The van der Waals surface area contributed by atoms with Crippen molar-refractivity contribution in [1.29, 1.82) is 0 Å². The van der Waals surface area contributed by atoms with Gasteiger partial charge in [-0.25, -0.2) is 0 Å². The van der Waals surface area contributed by atoms with Crippen molar-refractivity contribution in [2.24, 2.45) is 0 Å². The van der Waals surface area contributed by atoms with E-state index < -0.39 is 11.5 Å². The Bertz CT molecular complexity index is 309. The summed E-state index contributed by atoms with van der Waals surface area (Å²) in [6.07, 6.45) is 2.54. The van der Waals surface area contributed by atoms with Gasteiger partial charge in [-0.05, 0) is 33.6 Å². The summed E-state index contributed by atoms with van der Waals surface area (Å²) in [4.78, 5) is 13.7. The maximum Gasteiger partial charge on any atom is 0.324 e. The molecule has 0 amide bonds. The standard InChI is InChI=1S/C13H24N2O3/c1-9-6-15(7-10(2)18-9)8-13(3,12(16)17)14-11-4-5-11/h9-11,14H,4-8H2,1-3H3,(H,16,17)/t9-,10+,13?. The molecule has 1 aliphatic carbocycles. The number of carboxylic acid groups (broad SMARTS) is 1. The highest BCUT2D eigenvalue weighted by molar-refractivity contribution is 5.78. The van der Waals surface area contributed by atoms with Gasteiger partial charge >= 0.3 is 5.97 Å². The summed E-state index contributed by atoms with van der Waals surface area (Å²) in [5, 5.41) is 12.7. The molecule has 2 N–H and O–H groups in total. The smallest absolute Gasteiger partial charge is 0.324 e. The number of carboxylic acids is 1. The number of nitrogens with zero attached hydrogens (tertiary/aromatic N) is 1. The molecule has 0 bridgehead atoms. The maximum absolute atomic E-state index is 11.5. The maximum atomic E-state index is 11.5. The molecule has 1 saturated carbocycles. The van der Waals surface area contributed by atoms with Gasteiger partial charge in [0.1, 0.15) is 5.54 Å². The number of hydrogen-bond acceptors (Lipinski definition) is 4. The quantitative estimate of drug-likeness (QED) is 0.758. The molecule has 1 aliphatic heterocycles. The molecule has 104 valence electrons. The van der Waals surface area contributed by atoms with Gasteiger partial charge in [0.05, 0.1) is 12.2 Å². The fraction of sp³-hybridized carbons (Fsp3) is 0.923. The van der Waals surface area contributed by atoms with E-state index in [0.29, 0.717) is 12.6 Å². The Morgan fingerprint density at radius 1 is 1.39 bits per heavy atom. The van der Waals surface area contributed by atoms with E-state index in [0.717, 1.165) is 25.9 Å². The third-order valence-corrected chi connectivity index (χ3v) is 3.61. The molecule has 1 heterocycles. The van der Waals surface area contributed by atoms with Crippen LogP contribution in [0.3, 0.4) is 0 Å². The van der Waals surface area contributed by atoms with Gasteiger partial charge in [-0.15, -0.1) is 0 Å². The van der Waals surface area contributed by atoms with E-state index in [1.165, 1.54) is 0 Å². The van der Waals surface area contributed by atoms with E-state index in [2.05, 4.69) is 10.2 Å². The first-order valence-corrected chi connectivity index (χ1v) is 6.78. The molecule has 5 heteroatoms. The predicted molar refractivity (Wildman–Crippen MR) is 68.6 cm³/mol. The fourth-order valence-corrected chi connectivity index (χ4v) is 2.71. The van der Waals surface area contributed by atoms with Crippen molar-refractivity contribution in [2.45, 2.75) is 57.4 Å². The van der Waals surface area contributed by atoms with Crippen LogP contribution in [0.5, 0.6) is 0 Å². The average Bonchev–Trinajstić information content (AvgIpc) is 2.99. The zero-order valence-corrected chi connectivity index (χ0v) is 11.5. The lowest BCUT2D eigenvalue weighted by Gasteiger charge is -2.39. The summed E-state index contributed by atoms with van der Waals surface area (Å²) in [6.45, 7) is 8.01. The van der Waals surface area contributed by atoms with Crippen LogP contribution in [-0.4, -0.2) is 59.4 Å². The molecule has 5 nitrogen and oxygen atoms in total. The van der Waals surface area contributed by atoms with Gasteiger partial charge in [0.15, 0.2) is 0 Å². The van der Waals surface area contributed by atoms with E-state index in [1.54, 1.807) is 6.92 Å². The molecule has 1 unspecified atom stereocenters. The highest BCUT2D eigenvalue weighted by Crippen LogP contribution is 2.24. The number of aliphatic carboxylic acids is 1. The lowest BCUT2D eigenvalue weighted by molar-refractivity contribution is -0.147. The Morgan fingerprint density at radius 2 is 1.94 bits per heavy atom. The van der Waals surface area contributed by atoms with E-state index in [9.17, 15) is 9.90 Å². The molecule has 0 aromatic carbocycles. The predicted octanol–water partition coefficient (Wildman–Crippen LogP) is 0.691. The van der Waals surface area contributed by atoms with Crippen LogP contribution in [0.4, 0.5) is 0 Å². The van der Waals surface area contributed by atoms with Gasteiger partial charge < -0.3 is 9.84 Å². The Balaban J connectivity index is 1.96. The Labute approximate surface area is 108 Å². The van der Waals surface area contributed by atoms with E-state index >= 15 is 0 Å². The first-order chi connectivity index (χ1) is 8.39. The van der Waals surface area contributed by atoms with Crippen molar-refractivity contribution in [3.8, 4) is 0 Å². The van der Waals surface area contributed by atoms with E-state index in [4.69, 9.17) is 4.74 Å². The van der Waals surface area contributed by atoms with Crippen LogP contribution >= 0.6 is 0 Å². The lowest BCUT2D eigenvalue weighted by atomic mass is 10.0. The van der Waals surface area contributed by atoms with Crippen molar-refractivity contribution < 1.29 is 14.6 Å². The minimum absolute atomic E-state index is 0.174. The molecule has 3 atom stereocenters. The lowest BCUT2D eigenvalue weighted by Crippen LogP contribution is -2.60. The third kappa shape index (κ3) is 3.43. The summed E-state index contributed by atoms with van der Waals surface area (Å²) in [7, 11) is 0. The Morgan fingerprint density at radius 3 is 2.39 bits per heavy atom. The SMILES string of the molecule is C[C@@H]1CN(CC(C)(NC2CC2)C(=O)O)C[C@H](C)O1. The minimum Gasteiger partial charge on any atom is -0.480 e. The molecule has 2 aliphatic rings. The molecule has 0 radical (unpaired) electrons. The number of carbonyl (C=O) groups is 1. The number of nitrogens with one attached hydrogen (secondary N) is 1. The summed E-state index contributed by atoms with van der Waals surface area (Å²) in [5.41, 5.74) is -0.849. The van der Waals surface area contributed by atoms with Crippen LogP contribution in [-0.2, 0) is 9.53 Å². The monoisotopic (exact) mass is 256 g/mol. The molecular formula is C13H24N2O3. The second kappa shape index (κ2) is 5.15. The molecule has 2 rings (SSSR count). The first kappa shape index (κ1) is 13.8. The van der Waals surface area contributed by atoms with Crippen LogP contribution in [0.25, 0.3) is 0 Å². The average molecular weight is 256 g/mol. The van der Waals surface area contributed by atoms with Crippen LogP contribution in [0.1, 0.15) is 33.6 Å². The van der Waals surface area contributed by atoms with E-state index in [1.807, 2.05) is 13.8 Å². The second-order valence-electron chi connectivity index (χ2n) is 6.01. The summed E-state index contributed by atoms with van der Waals surface area (Å²) >= 11 is 0. The molecule has 0 aromatic heterocycles. The first-order valence-electron chi connectivity index (χ1n) is 6.78. The highest BCUT2D eigenvalue weighted by atomic mass is 16.5. The van der Waals surface area contributed by atoms with Crippen molar-refractivity contribution in [3.05, 3.63) is 0 Å². The molecule has 0 spiro atoms. The van der Waals surface area contributed by atoms with Gasteiger partial charge in [0, 0.05) is 25.7 Å². The van der Waals surface area contributed by atoms with Crippen LogP contribution in [0.2, 0.25) is 0 Å². The van der Waals surface area contributed by atoms with Crippen LogP contribution < -0.4 is 5.32 Å². The Kier molecular flexibility index (Phi) is 3.94. The number of rotatable bonds is 5. The van der Waals surface area contributed by atoms with Crippen LogP contribution in [0.15, 0.2) is 0 Å². The zero-order valence-electron chi connectivity index (χ0n) is 11.5.